The monoisotopic (exact) mass is 268 g/mol. The molecule has 1 saturated heterocycles. The number of rotatable bonds is 4. The minimum Gasteiger partial charge on any atom is -0.316 e. The van der Waals surface area contributed by atoms with Gasteiger partial charge in [-0.1, -0.05) is 11.6 Å². The molecular weight excluding hydrogens is 252 g/mol. The summed E-state index contributed by atoms with van der Waals surface area (Å²) in [6.45, 7) is 2.12. The summed E-state index contributed by atoms with van der Waals surface area (Å²) >= 11 is 5.62. The molecular formula is C12H17ClN4O. The Morgan fingerprint density at radius 3 is 3.06 bits per heavy atom. The van der Waals surface area contributed by atoms with Gasteiger partial charge < -0.3 is 10.6 Å². The van der Waals surface area contributed by atoms with Crippen LogP contribution in [0.5, 0.6) is 0 Å². The minimum absolute atomic E-state index is 0.0165. The summed E-state index contributed by atoms with van der Waals surface area (Å²) in [5.74, 6) is 1.05. The number of piperidine rings is 1. The zero-order valence-electron chi connectivity index (χ0n) is 10.2. The highest BCUT2D eigenvalue weighted by molar-refractivity contribution is 6.29. The van der Waals surface area contributed by atoms with E-state index in [1.54, 1.807) is 12.1 Å². The lowest BCUT2D eigenvalue weighted by Gasteiger charge is -2.22. The summed E-state index contributed by atoms with van der Waals surface area (Å²) in [5.41, 5.74) is 0. The van der Waals surface area contributed by atoms with Gasteiger partial charge in [0, 0.05) is 6.42 Å². The first-order valence-electron chi connectivity index (χ1n) is 6.24. The molecule has 0 aromatic carbocycles. The van der Waals surface area contributed by atoms with Crippen LogP contribution in [0.3, 0.4) is 0 Å². The van der Waals surface area contributed by atoms with Crippen molar-refractivity contribution in [3.63, 3.8) is 0 Å². The van der Waals surface area contributed by atoms with Crippen LogP contribution < -0.4 is 10.6 Å². The summed E-state index contributed by atoms with van der Waals surface area (Å²) < 4.78 is 0. The molecule has 2 heterocycles. The Morgan fingerprint density at radius 1 is 1.50 bits per heavy atom. The van der Waals surface area contributed by atoms with Crippen molar-refractivity contribution in [1.29, 1.82) is 0 Å². The SMILES string of the molecule is O=C(CCC1CCCNC1)Nc1ccc(Cl)nn1. The van der Waals surface area contributed by atoms with E-state index in [0.29, 0.717) is 23.3 Å². The molecule has 98 valence electrons. The maximum atomic E-state index is 11.7. The first kappa shape index (κ1) is 13.2. The van der Waals surface area contributed by atoms with E-state index >= 15 is 0 Å². The third-order valence-corrected chi connectivity index (χ3v) is 3.28. The fourth-order valence-electron chi connectivity index (χ4n) is 2.09. The first-order valence-corrected chi connectivity index (χ1v) is 6.61. The Bertz CT molecular complexity index is 390. The third kappa shape index (κ3) is 4.23. The first-order chi connectivity index (χ1) is 8.74. The molecule has 1 amide bonds. The van der Waals surface area contributed by atoms with Crippen LogP contribution in [0.4, 0.5) is 5.82 Å². The van der Waals surface area contributed by atoms with E-state index in [-0.39, 0.29) is 5.91 Å². The van der Waals surface area contributed by atoms with Gasteiger partial charge in [-0.3, -0.25) is 4.79 Å². The van der Waals surface area contributed by atoms with Crippen LogP contribution in [-0.4, -0.2) is 29.2 Å². The fraction of sp³-hybridized carbons (Fsp3) is 0.583. The zero-order valence-corrected chi connectivity index (χ0v) is 10.9. The van der Waals surface area contributed by atoms with E-state index in [0.717, 1.165) is 19.5 Å². The van der Waals surface area contributed by atoms with Crippen LogP contribution in [0, 0.1) is 5.92 Å². The van der Waals surface area contributed by atoms with Crippen LogP contribution in [0.25, 0.3) is 0 Å². The lowest BCUT2D eigenvalue weighted by Crippen LogP contribution is -2.30. The number of anilines is 1. The van der Waals surface area contributed by atoms with E-state index in [1.165, 1.54) is 12.8 Å². The number of halogens is 1. The van der Waals surface area contributed by atoms with E-state index in [9.17, 15) is 4.79 Å². The van der Waals surface area contributed by atoms with Gasteiger partial charge in [0.1, 0.15) is 0 Å². The molecule has 2 rings (SSSR count). The van der Waals surface area contributed by atoms with Crippen molar-refractivity contribution in [1.82, 2.24) is 15.5 Å². The summed E-state index contributed by atoms with van der Waals surface area (Å²) in [6, 6.07) is 3.25. The zero-order chi connectivity index (χ0) is 12.8. The highest BCUT2D eigenvalue weighted by Crippen LogP contribution is 2.16. The van der Waals surface area contributed by atoms with Gasteiger partial charge in [-0.05, 0) is 50.4 Å². The molecule has 1 aliphatic rings. The normalized spacial score (nSPS) is 19.5. The van der Waals surface area contributed by atoms with Gasteiger partial charge in [0.25, 0.3) is 0 Å². The quantitative estimate of drug-likeness (QED) is 0.875. The standard InChI is InChI=1S/C12H17ClN4O/c13-10-4-5-11(17-16-10)15-12(18)6-3-9-2-1-7-14-8-9/h4-5,9,14H,1-3,6-8H2,(H,15,17,18). The average molecular weight is 269 g/mol. The number of hydrogen-bond acceptors (Lipinski definition) is 4. The van der Waals surface area contributed by atoms with Gasteiger partial charge in [-0.2, -0.15) is 0 Å². The topological polar surface area (TPSA) is 66.9 Å². The Morgan fingerprint density at radius 2 is 2.39 bits per heavy atom. The van der Waals surface area contributed by atoms with Crippen LogP contribution >= 0.6 is 11.6 Å². The second-order valence-electron chi connectivity index (χ2n) is 4.54. The highest BCUT2D eigenvalue weighted by atomic mass is 35.5. The molecule has 1 aromatic heterocycles. The summed E-state index contributed by atoms with van der Waals surface area (Å²) in [6.07, 6.45) is 3.85. The van der Waals surface area contributed by atoms with Gasteiger partial charge in [-0.15, -0.1) is 10.2 Å². The Kier molecular flexibility index (Phi) is 4.90. The van der Waals surface area contributed by atoms with E-state index in [4.69, 9.17) is 11.6 Å². The lowest BCUT2D eigenvalue weighted by molar-refractivity contribution is -0.116. The molecule has 0 radical (unpaired) electrons. The molecule has 6 heteroatoms. The number of amides is 1. The number of aromatic nitrogens is 2. The van der Waals surface area contributed by atoms with Crippen molar-refractivity contribution < 1.29 is 4.79 Å². The Balaban J connectivity index is 1.73. The molecule has 1 unspecified atom stereocenters. The van der Waals surface area contributed by atoms with Crippen LogP contribution in [0.15, 0.2) is 12.1 Å². The maximum Gasteiger partial charge on any atom is 0.225 e. The Labute approximate surface area is 111 Å². The van der Waals surface area contributed by atoms with Crippen molar-refractivity contribution >= 4 is 23.3 Å². The predicted molar refractivity (Wildman–Crippen MR) is 70.5 cm³/mol. The van der Waals surface area contributed by atoms with E-state index < -0.39 is 0 Å². The van der Waals surface area contributed by atoms with Crippen LogP contribution in [-0.2, 0) is 4.79 Å². The van der Waals surface area contributed by atoms with Gasteiger partial charge in [0.2, 0.25) is 5.91 Å². The second kappa shape index (κ2) is 6.66. The number of carbonyl (C=O) groups is 1. The molecule has 18 heavy (non-hydrogen) atoms. The average Bonchev–Trinajstić information content (AvgIpc) is 2.40. The molecule has 0 spiro atoms. The Hall–Kier alpha value is -1.20. The van der Waals surface area contributed by atoms with Crippen molar-refractivity contribution in [2.45, 2.75) is 25.7 Å². The van der Waals surface area contributed by atoms with Crippen molar-refractivity contribution in [2.24, 2.45) is 5.92 Å². The molecule has 1 aromatic rings. The molecule has 0 bridgehead atoms. The molecule has 1 fully saturated rings. The lowest BCUT2D eigenvalue weighted by atomic mass is 9.94. The molecule has 2 N–H and O–H groups in total. The smallest absolute Gasteiger partial charge is 0.225 e. The molecule has 0 saturated carbocycles. The van der Waals surface area contributed by atoms with Gasteiger partial charge in [-0.25, -0.2) is 0 Å². The van der Waals surface area contributed by atoms with Crippen LogP contribution in [0.1, 0.15) is 25.7 Å². The summed E-state index contributed by atoms with van der Waals surface area (Å²) in [5, 5.41) is 13.8. The maximum absolute atomic E-state index is 11.7. The highest BCUT2D eigenvalue weighted by Gasteiger charge is 2.14. The van der Waals surface area contributed by atoms with Crippen molar-refractivity contribution in [3.05, 3.63) is 17.3 Å². The number of nitrogens with zero attached hydrogens (tertiary/aromatic N) is 2. The number of hydrogen-bond donors (Lipinski definition) is 2. The fourth-order valence-corrected chi connectivity index (χ4v) is 2.19. The van der Waals surface area contributed by atoms with E-state index in [1.807, 2.05) is 0 Å². The number of carbonyl (C=O) groups excluding carboxylic acids is 1. The van der Waals surface area contributed by atoms with Crippen molar-refractivity contribution in [2.75, 3.05) is 18.4 Å². The second-order valence-corrected chi connectivity index (χ2v) is 4.93. The summed E-state index contributed by atoms with van der Waals surface area (Å²) in [4.78, 5) is 11.7. The molecule has 1 aliphatic heterocycles. The van der Waals surface area contributed by atoms with Gasteiger partial charge >= 0.3 is 0 Å². The predicted octanol–water partition coefficient (Wildman–Crippen LogP) is 1.85. The van der Waals surface area contributed by atoms with Gasteiger partial charge in [0.15, 0.2) is 11.0 Å². The van der Waals surface area contributed by atoms with Crippen LogP contribution in [0.2, 0.25) is 5.15 Å². The number of nitrogens with one attached hydrogen (secondary N) is 2. The molecule has 5 nitrogen and oxygen atoms in total. The largest absolute Gasteiger partial charge is 0.316 e. The molecule has 0 aliphatic carbocycles. The summed E-state index contributed by atoms with van der Waals surface area (Å²) in [7, 11) is 0. The van der Waals surface area contributed by atoms with E-state index in [2.05, 4.69) is 20.8 Å². The van der Waals surface area contributed by atoms with Gasteiger partial charge in [0.05, 0.1) is 0 Å². The van der Waals surface area contributed by atoms with Crippen molar-refractivity contribution in [3.8, 4) is 0 Å². The minimum atomic E-state index is -0.0165. The third-order valence-electron chi connectivity index (χ3n) is 3.08. The molecule has 1 atom stereocenters.